The molecular formula is C25H18F2. The van der Waals surface area contributed by atoms with Gasteiger partial charge in [-0.25, -0.2) is 8.78 Å². The van der Waals surface area contributed by atoms with Gasteiger partial charge in [0.05, 0.1) is 5.56 Å². The normalized spacial score (nSPS) is 9.78. The lowest BCUT2D eigenvalue weighted by atomic mass is 10.1. The zero-order valence-corrected chi connectivity index (χ0v) is 15.2. The molecule has 0 amide bonds. The van der Waals surface area contributed by atoms with Gasteiger partial charge in [0, 0.05) is 16.7 Å². The molecule has 0 bridgehead atoms. The Morgan fingerprint density at radius 3 is 1.70 bits per heavy atom. The fourth-order valence-corrected chi connectivity index (χ4v) is 2.50. The van der Waals surface area contributed by atoms with Crippen LogP contribution in [0.25, 0.3) is 0 Å². The number of rotatable bonds is 1. The van der Waals surface area contributed by atoms with Crippen molar-refractivity contribution in [1.82, 2.24) is 0 Å². The van der Waals surface area contributed by atoms with Crippen molar-refractivity contribution >= 4 is 0 Å². The molecule has 3 aromatic rings. The van der Waals surface area contributed by atoms with Crippen molar-refractivity contribution in [3.05, 3.63) is 106 Å². The highest BCUT2D eigenvalue weighted by molar-refractivity contribution is 5.49. The third-order valence-electron chi connectivity index (χ3n) is 4.14. The molecule has 3 aromatic carbocycles. The molecule has 0 unspecified atom stereocenters. The van der Waals surface area contributed by atoms with Crippen molar-refractivity contribution in [3.63, 3.8) is 0 Å². The Bertz CT molecular complexity index is 1040. The van der Waals surface area contributed by atoms with Crippen LogP contribution in [0.4, 0.5) is 8.78 Å². The molecule has 0 nitrogen and oxygen atoms in total. The summed E-state index contributed by atoms with van der Waals surface area (Å²) in [4.78, 5) is 0. The van der Waals surface area contributed by atoms with E-state index in [1.165, 1.54) is 17.7 Å². The largest absolute Gasteiger partial charge is 0.205 e. The smallest absolute Gasteiger partial charge is 0.143 e. The Hall–Kier alpha value is -3.36. The van der Waals surface area contributed by atoms with E-state index in [0.717, 1.165) is 17.5 Å². The average Bonchev–Trinajstić information content (AvgIpc) is 2.67. The third-order valence-corrected chi connectivity index (χ3v) is 4.14. The number of halogens is 2. The van der Waals surface area contributed by atoms with E-state index < -0.39 is 11.6 Å². The molecule has 0 radical (unpaired) electrons. The molecule has 0 N–H and O–H groups in total. The van der Waals surface area contributed by atoms with E-state index in [4.69, 9.17) is 0 Å². The predicted molar refractivity (Wildman–Crippen MR) is 105 cm³/mol. The van der Waals surface area contributed by atoms with Crippen LogP contribution in [-0.2, 0) is 6.42 Å². The highest BCUT2D eigenvalue weighted by Gasteiger charge is 2.08. The first-order chi connectivity index (χ1) is 13.0. The van der Waals surface area contributed by atoms with Gasteiger partial charge in [-0.15, -0.1) is 0 Å². The molecule has 0 aliphatic heterocycles. The van der Waals surface area contributed by atoms with Gasteiger partial charge in [-0.1, -0.05) is 60.4 Å². The summed E-state index contributed by atoms with van der Waals surface area (Å²) in [5, 5.41) is 0. The highest BCUT2D eigenvalue weighted by atomic mass is 19.1. The van der Waals surface area contributed by atoms with Crippen LogP contribution in [0.1, 0.15) is 40.3 Å². The molecule has 0 heterocycles. The maximum atomic E-state index is 14.3. The van der Waals surface area contributed by atoms with Crippen molar-refractivity contribution in [2.24, 2.45) is 0 Å². The summed E-state index contributed by atoms with van der Waals surface area (Å²) < 4.78 is 28.6. The average molecular weight is 356 g/mol. The Labute approximate surface area is 158 Å². The molecule has 0 saturated heterocycles. The van der Waals surface area contributed by atoms with Gasteiger partial charge >= 0.3 is 0 Å². The second-order valence-electron chi connectivity index (χ2n) is 6.23. The van der Waals surface area contributed by atoms with Crippen molar-refractivity contribution < 1.29 is 8.78 Å². The Kier molecular flexibility index (Phi) is 5.70. The van der Waals surface area contributed by atoms with E-state index in [1.807, 2.05) is 55.5 Å². The van der Waals surface area contributed by atoms with Gasteiger partial charge in [0.2, 0.25) is 0 Å². The SMILES string of the molecule is CCc1ccc(C#Cc2cc(F)c(C#Cc3ccc(C)cc3)c(F)c2)cc1. The van der Waals surface area contributed by atoms with Crippen LogP contribution in [0.2, 0.25) is 0 Å². The molecule has 0 aliphatic carbocycles. The lowest BCUT2D eigenvalue weighted by molar-refractivity contribution is 0.577. The van der Waals surface area contributed by atoms with Gasteiger partial charge in [0.15, 0.2) is 0 Å². The first-order valence-electron chi connectivity index (χ1n) is 8.74. The van der Waals surface area contributed by atoms with Crippen molar-refractivity contribution in [1.29, 1.82) is 0 Å². The number of aryl methyl sites for hydroxylation is 2. The van der Waals surface area contributed by atoms with Crippen LogP contribution in [0.15, 0.2) is 60.7 Å². The third kappa shape index (κ3) is 4.84. The summed E-state index contributed by atoms with van der Waals surface area (Å²) in [6.45, 7) is 4.05. The minimum Gasteiger partial charge on any atom is -0.205 e. The number of hydrogen-bond donors (Lipinski definition) is 0. The summed E-state index contributed by atoms with van der Waals surface area (Å²) in [6, 6.07) is 17.7. The molecule has 27 heavy (non-hydrogen) atoms. The van der Waals surface area contributed by atoms with Crippen molar-refractivity contribution in [3.8, 4) is 23.7 Å². The van der Waals surface area contributed by atoms with Gasteiger partial charge in [-0.3, -0.25) is 0 Å². The van der Waals surface area contributed by atoms with Crippen molar-refractivity contribution in [2.45, 2.75) is 20.3 Å². The Morgan fingerprint density at radius 1 is 0.667 bits per heavy atom. The molecule has 0 fully saturated rings. The van der Waals surface area contributed by atoms with Gasteiger partial charge in [-0.2, -0.15) is 0 Å². The van der Waals surface area contributed by atoms with E-state index in [9.17, 15) is 8.78 Å². The molecule has 0 spiro atoms. The van der Waals surface area contributed by atoms with E-state index in [-0.39, 0.29) is 11.1 Å². The second kappa shape index (κ2) is 8.35. The molecule has 3 rings (SSSR count). The minimum atomic E-state index is -0.708. The van der Waals surface area contributed by atoms with Crippen LogP contribution in [0.5, 0.6) is 0 Å². The molecule has 0 atom stereocenters. The van der Waals surface area contributed by atoms with Gasteiger partial charge < -0.3 is 0 Å². The summed E-state index contributed by atoms with van der Waals surface area (Å²) in [6.07, 6.45) is 0.954. The monoisotopic (exact) mass is 356 g/mol. The van der Waals surface area contributed by atoms with Gasteiger partial charge in [0.1, 0.15) is 11.6 Å². The second-order valence-corrected chi connectivity index (χ2v) is 6.23. The first-order valence-corrected chi connectivity index (χ1v) is 8.74. The maximum absolute atomic E-state index is 14.3. The Balaban J connectivity index is 1.85. The zero-order chi connectivity index (χ0) is 19.2. The predicted octanol–water partition coefficient (Wildman–Crippen LogP) is 5.64. The van der Waals surface area contributed by atoms with Gasteiger partial charge in [0.25, 0.3) is 0 Å². The van der Waals surface area contributed by atoms with Crippen LogP contribution in [0, 0.1) is 42.2 Å². The fraction of sp³-hybridized carbons (Fsp3) is 0.120. The van der Waals surface area contributed by atoms with E-state index in [1.54, 1.807) is 0 Å². The van der Waals surface area contributed by atoms with Gasteiger partial charge in [-0.05, 0) is 55.3 Å². The van der Waals surface area contributed by atoms with E-state index in [0.29, 0.717) is 5.56 Å². The molecule has 2 heteroatoms. The fourth-order valence-electron chi connectivity index (χ4n) is 2.50. The van der Waals surface area contributed by atoms with Crippen LogP contribution in [-0.4, -0.2) is 0 Å². The summed E-state index contributed by atoms with van der Waals surface area (Å²) in [7, 11) is 0. The maximum Gasteiger partial charge on any atom is 0.143 e. The van der Waals surface area contributed by atoms with E-state index in [2.05, 4.69) is 30.6 Å². The lowest BCUT2D eigenvalue weighted by Crippen LogP contribution is -1.92. The van der Waals surface area contributed by atoms with Crippen LogP contribution >= 0.6 is 0 Å². The lowest BCUT2D eigenvalue weighted by Gasteiger charge is -1.99. The summed E-state index contributed by atoms with van der Waals surface area (Å²) >= 11 is 0. The molecule has 132 valence electrons. The quantitative estimate of drug-likeness (QED) is 0.495. The number of benzene rings is 3. The minimum absolute atomic E-state index is 0.242. The topological polar surface area (TPSA) is 0 Å². The highest BCUT2D eigenvalue weighted by Crippen LogP contribution is 2.15. The zero-order valence-electron chi connectivity index (χ0n) is 15.2. The Morgan fingerprint density at radius 2 is 1.15 bits per heavy atom. The standard InChI is InChI=1S/C25H18F2/c1-3-19-8-10-21(11-9-19)12-13-22-16-24(26)23(25(27)17-22)15-14-20-6-4-18(2)5-7-20/h4-11,16-17H,3H2,1-2H3. The number of hydrogen-bond acceptors (Lipinski definition) is 0. The summed E-state index contributed by atoms with van der Waals surface area (Å²) in [5.74, 6) is 9.70. The summed E-state index contributed by atoms with van der Waals surface area (Å²) in [5.41, 5.74) is 3.87. The molecule has 0 saturated carbocycles. The van der Waals surface area contributed by atoms with E-state index >= 15 is 0 Å². The van der Waals surface area contributed by atoms with Crippen LogP contribution in [0.3, 0.4) is 0 Å². The molecule has 0 aromatic heterocycles. The van der Waals surface area contributed by atoms with Crippen molar-refractivity contribution in [2.75, 3.05) is 0 Å². The molecular weight excluding hydrogens is 338 g/mol. The van der Waals surface area contributed by atoms with Crippen LogP contribution < -0.4 is 0 Å². The molecule has 0 aliphatic rings. The first kappa shape index (κ1) is 18.4.